The fourth-order valence-electron chi connectivity index (χ4n) is 2.44. The highest BCUT2D eigenvalue weighted by Gasteiger charge is 2.27. The molecule has 18 heavy (non-hydrogen) atoms. The monoisotopic (exact) mass is 254 g/mol. The van der Waals surface area contributed by atoms with Gasteiger partial charge in [0.25, 0.3) is 0 Å². The molecule has 1 aliphatic rings. The van der Waals surface area contributed by atoms with Crippen molar-refractivity contribution in [3.8, 4) is 16.9 Å². The van der Waals surface area contributed by atoms with Crippen molar-refractivity contribution in [3.63, 3.8) is 0 Å². The maximum Gasteiger partial charge on any atom is 0.194 e. The summed E-state index contributed by atoms with van der Waals surface area (Å²) in [6, 6.07) is 11.2. The van der Waals surface area contributed by atoms with Gasteiger partial charge in [-0.3, -0.25) is 4.79 Å². The van der Waals surface area contributed by atoms with Crippen LogP contribution in [0.5, 0.6) is 5.75 Å². The fourth-order valence-corrected chi connectivity index (χ4v) is 3.42. The molecule has 2 aromatic carbocycles. The van der Waals surface area contributed by atoms with E-state index in [1.165, 1.54) is 5.19 Å². The lowest BCUT2D eigenvalue weighted by Crippen LogP contribution is -2.23. The van der Waals surface area contributed by atoms with Crippen LogP contribution >= 0.6 is 0 Å². The second kappa shape index (κ2) is 3.82. The zero-order valence-corrected chi connectivity index (χ0v) is 11.6. The van der Waals surface area contributed by atoms with Gasteiger partial charge in [-0.25, -0.2) is 0 Å². The standard InChI is InChI=1S/C15H14O2Si/c1-18(2)10-4-6-12-11-5-3-9(16)7-13(11)15(17)14(12)8-10/h3-8,16,18H,1-2H3. The molecule has 0 radical (unpaired) electrons. The minimum Gasteiger partial charge on any atom is -0.508 e. The number of phenolic OH excluding ortho intramolecular Hbond substituents is 1. The van der Waals surface area contributed by atoms with Crippen LogP contribution in [-0.4, -0.2) is 19.7 Å². The van der Waals surface area contributed by atoms with Gasteiger partial charge in [0.1, 0.15) is 5.75 Å². The number of ketones is 1. The Morgan fingerprint density at radius 1 is 0.889 bits per heavy atom. The van der Waals surface area contributed by atoms with Gasteiger partial charge in [-0.15, -0.1) is 0 Å². The van der Waals surface area contributed by atoms with Crippen LogP contribution in [0.1, 0.15) is 15.9 Å². The summed E-state index contributed by atoms with van der Waals surface area (Å²) in [7, 11) is -0.900. The van der Waals surface area contributed by atoms with Crippen LogP contribution in [-0.2, 0) is 0 Å². The summed E-state index contributed by atoms with van der Waals surface area (Å²) in [6.07, 6.45) is 0. The molecule has 0 aliphatic heterocycles. The molecule has 90 valence electrons. The molecule has 2 aromatic rings. The lowest BCUT2D eigenvalue weighted by Gasteiger charge is -2.06. The van der Waals surface area contributed by atoms with Gasteiger partial charge in [-0.05, 0) is 29.3 Å². The molecule has 3 heteroatoms. The molecule has 0 spiro atoms. The van der Waals surface area contributed by atoms with Gasteiger partial charge in [0.05, 0.1) is 8.80 Å². The topological polar surface area (TPSA) is 37.3 Å². The lowest BCUT2D eigenvalue weighted by atomic mass is 10.1. The molecule has 0 saturated heterocycles. The largest absolute Gasteiger partial charge is 0.508 e. The quantitative estimate of drug-likeness (QED) is 0.677. The van der Waals surface area contributed by atoms with E-state index in [2.05, 4.69) is 19.2 Å². The number of carbonyl (C=O) groups excluding carboxylic acids is 1. The Morgan fingerprint density at radius 2 is 1.50 bits per heavy atom. The van der Waals surface area contributed by atoms with Gasteiger partial charge in [0, 0.05) is 11.1 Å². The van der Waals surface area contributed by atoms with Crippen LogP contribution < -0.4 is 5.19 Å². The first-order valence-corrected chi connectivity index (χ1v) is 8.98. The Morgan fingerprint density at radius 3 is 2.17 bits per heavy atom. The van der Waals surface area contributed by atoms with Crippen molar-refractivity contribution >= 4 is 19.8 Å². The fraction of sp³-hybridized carbons (Fsp3) is 0.133. The molecule has 0 amide bonds. The van der Waals surface area contributed by atoms with Crippen LogP contribution in [0.2, 0.25) is 13.1 Å². The normalized spacial score (nSPS) is 12.7. The number of benzene rings is 2. The van der Waals surface area contributed by atoms with Crippen LogP contribution in [0.3, 0.4) is 0 Å². The van der Waals surface area contributed by atoms with Crippen molar-refractivity contribution in [2.75, 3.05) is 0 Å². The third-order valence-electron chi connectivity index (χ3n) is 3.49. The van der Waals surface area contributed by atoms with Crippen LogP contribution in [0.25, 0.3) is 11.1 Å². The van der Waals surface area contributed by atoms with Gasteiger partial charge in [-0.2, -0.15) is 0 Å². The molecule has 2 nitrogen and oxygen atoms in total. The minimum atomic E-state index is -0.900. The molecule has 1 N–H and O–H groups in total. The predicted molar refractivity (Wildman–Crippen MR) is 75.5 cm³/mol. The molecule has 0 bridgehead atoms. The molecular weight excluding hydrogens is 240 g/mol. The predicted octanol–water partition coefficient (Wildman–Crippen LogP) is 2.30. The molecule has 0 unspecified atom stereocenters. The second-order valence-electron chi connectivity index (χ2n) is 5.02. The summed E-state index contributed by atoms with van der Waals surface area (Å²) in [4.78, 5) is 12.3. The van der Waals surface area contributed by atoms with Crippen molar-refractivity contribution in [1.29, 1.82) is 0 Å². The van der Waals surface area contributed by atoms with Crippen molar-refractivity contribution in [2.45, 2.75) is 13.1 Å². The Labute approximate surface area is 108 Å². The SMILES string of the molecule is C[SiH](C)c1ccc2c(c1)C(=O)c1cc(O)ccc1-2. The Hall–Kier alpha value is -1.87. The van der Waals surface area contributed by atoms with E-state index in [0.717, 1.165) is 16.7 Å². The Bertz CT molecular complexity index is 660. The first-order chi connectivity index (χ1) is 8.58. The number of hydrogen-bond acceptors (Lipinski definition) is 2. The maximum absolute atomic E-state index is 12.3. The summed E-state index contributed by atoms with van der Waals surface area (Å²) in [5, 5.41) is 10.8. The third kappa shape index (κ3) is 1.51. The number of carbonyl (C=O) groups is 1. The Balaban J connectivity index is 2.23. The number of hydrogen-bond donors (Lipinski definition) is 1. The molecule has 0 fully saturated rings. The van der Waals surface area contributed by atoms with E-state index in [1.54, 1.807) is 12.1 Å². The minimum absolute atomic E-state index is 0.0346. The van der Waals surface area contributed by atoms with Crippen molar-refractivity contribution < 1.29 is 9.90 Å². The molecule has 0 aromatic heterocycles. The lowest BCUT2D eigenvalue weighted by molar-refractivity contribution is 0.104. The number of fused-ring (bicyclic) bond motifs is 3. The molecule has 0 saturated carbocycles. The van der Waals surface area contributed by atoms with Gasteiger partial charge in [-0.1, -0.05) is 36.5 Å². The molecular formula is C15H14O2Si. The molecule has 0 atom stereocenters. The summed E-state index contributed by atoms with van der Waals surface area (Å²) in [5.74, 6) is 0.181. The van der Waals surface area contributed by atoms with E-state index in [4.69, 9.17) is 0 Å². The van der Waals surface area contributed by atoms with E-state index in [1.807, 2.05) is 18.2 Å². The summed E-state index contributed by atoms with van der Waals surface area (Å²) in [6.45, 7) is 4.50. The second-order valence-corrected chi connectivity index (χ2v) is 7.99. The molecule has 0 heterocycles. The van der Waals surface area contributed by atoms with Gasteiger partial charge in [0.15, 0.2) is 5.78 Å². The van der Waals surface area contributed by atoms with Crippen molar-refractivity contribution in [1.82, 2.24) is 0 Å². The summed E-state index contributed by atoms with van der Waals surface area (Å²) >= 11 is 0. The van der Waals surface area contributed by atoms with Gasteiger partial charge >= 0.3 is 0 Å². The van der Waals surface area contributed by atoms with E-state index < -0.39 is 8.80 Å². The number of rotatable bonds is 1. The number of phenols is 1. The average molecular weight is 254 g/mol. The zero-order chi connectivity index (χ0) is 12.9. The highest BCUT2D eigenvalue weighted by Crippen LogP contribution is 2.37. The van der Waals surface area contributed by atoms with E-state index in [9.17, 15) is 9.90 Å². The highest BCUT2D eigenvalue weighted by molar-refractivity contribution is 6.70. The summed E-state index contributed by atoms with van der Waals surface area (Å²) in [5.41, 5.74) is 3.33. The van der Waals surface area contributed by atoms with E-state index in [-0.39, 0.29) is 11.5 Å². The van der Waals surface area contributed by atoms with Crippen LogP contribution in [0.15, 0.2) is 36.4 Å². The molecule has 3 rings (SSSR count). The van der Waals surface area contributed by atoms with E-state index in [0.29, 0.717) is 5.56 Å². The Kier molecular flexibility index (Phi) is 2.38. The first-order valence-electron chi connectivity index (χ1n) is 6.10. The zero-order valence-electron chi connectivity index (χ0n) is 10.4. The molecule has 1 aliphatic carbocycles. The van der Waals surface area contributed by atoms with Crippen molar-refractivity contribution in [2.24, 2.45) is 0 Å². The number of aromatic hydroxyl groups is 1. The maximum atomic E-state index is 12.3. The van der Waals surface area contributed by atoms with Crippen LogP contribution in [0.4, 0.5) is 0 Å². The smallest absolute Gasteiger partial charge is 0.194 e. The van der Waals surface area contributed by atoms with Gasteiger partial charge in [0.2, 0.25) is 0 Å². The highest BCUT2D eigenvalue weighted by atomic mass is 28.3. The van der Waals surface area contributed by atoms with Crippen molar-refractivity contribution in [3.05, 3.63) is 47.5 Å². The summed E-state index contributed by atoms with van der Waals surface area (Å²) < 4.78 is 0. The first kappa shape index (κ1) is 11.2. The van der Waals surface area contributed by atoms with Gasteiger partial charge < -0.3 is 5.11 Å². The van der Waals surface area contributed by atoms with Crippen LogP contribution in [0, 0.1) is 0 Å². The van der Waals surface area contributed by atoms with E-state index >= 15 is 0 Å². The third-order valence-corrected chi connectivity index (χ3v) is 5.19. The average Bonchev–Trinajstić information content (AvgIpc) is 2.62.